The fraction of sp³-hybridized carbons (Fsp3) is 0.400. The van der Waals surface area contributed by atoms with Gasteiger partial charge in [0, 0.05) is 39.4 Å². The van der Waals surface area contributed by atoms with Crippen LogP contribution in [-0.2, 0) is 26.7 Å². The third-order valence-corrected chi connectivity index (χ3v) is 5.37. The quantitative estimate of drug-likeness (QED) is 0.743. The summed E-state index contributed by atoms with van der Waals surface area (Å²) < 4.78 is 14.6. The normalized spacial score (nSPS) is 17.4. The fourth-order valence-electron chi connectivity index (χ4n) is 3.92. The minimum Gasteiger partial charge on any atom is -0.454 e. The second-order valence-electron chi connectivity index (χ2n) is 7.32. The SMILES string of the molecule is Cn1nccc1[C@H](O)c1cc2n(n1)CCCN(Cc1ccc3c(c1)OCO3)C2. The van der Waals surface area contributed by atoms with E-state index in [1.54, 1.807) is 10.9 Å². The number of aliphatic hydroxyl groups is 1. The molecule has 0 aliphatic carbocycles. The number of fused-ring (bicyclic) bond motifs is 2. The molecule has 4 heterocycles. The number of aromatic nitrogens is 4. The molecule has 1 N–H and O–H groups in total. The molecule has 0 bridgehead atoms. The largest absolute Gasteiger partial charge is 0.454 e. The average molecular weight is 381 g/mol. The molecule has 0 saturated carbocycles. The smallest absolute Gasteiger partial charge is 0.231 e. The molecule has 2 aromatic heterocycles. The van der Waals surface area contributed by atoms with Crippen molar-refractivity contribution in [2.45, 2.75) is 32.2 Å². The van der Waals surface area contributed by atoms with Crippen molar-refractivity contribution in [2.75, 3.05) is 13.3 Å². The highest BCUT2D eigenvalue weighted by Crippen LogP contribution is 2.33. The molecule has 146 valence electrons. The zero-order chi connectivity index (χ0) is 19.1. The van der Waals surface area contributed by atoms with Crippen molar-refractivity contribution in [3.63, 3.8) is 0 Å². The monoisotopic (exact) mass is 381 g/mol. The second-order valence-corrected chi connectivity index (χ2v) is 7.32. The second kappa shape index (κ2) is 6.96. The molecular formula is C20H23N5O3. The maximum Gasteiger partial charge on any atom is 0.231 e. The first-order valence-electron chi connectivity index (χ1n) is 9.51. The molecule has 1 atom stereocenters. The van der Waals surface area contributed by atoms with E-state index in [0.717, 1.165) is 55.5 Å². The highest BCUT2D eigenvalue weighted by Gasteiger charge is 2.23. The van der Waals surface area contributed by atoms with Crippen molar-refractivity contribution in [2.24, 2.45) is 7.05 Å². The van der Waals surface area contributed by atoms with Gasteiger partial charge in [-0.05, 0) is 36.2 Å². The van der Waals surface area contributed by atoms with Gasteiger partial charge < -0.3 is 14.6 Å². The Bertz CT molecular complexity index is 996. The lowest BCUT2D eigenvalue weighted by Gasteiger charge is -2.19. The number of aryl methyl sites for hydroxylation is 2. The molecule has 1 aromatic carbocycles. The van der Waals surface area contributed by atoms with E-state index in [1.165, 1.54) is 5.56 Å². The summed E-state index contributed by atoms with van der Waals surface area (Å²) in [6.45, 7) is 3.77. The zero-order valence-corrected chi connectivity index (χ0v) is 15.8. The first-order chi connectivity index (χ1) is 13.7. The van der Waals surface area contributed by atoms with Crippen LogP contribution in [0.3, 0.4) is 0 Å². The predicted octanol–water partition coefficient (Wildman–Crippen LogP) is 1.83. The first-order valence-corrected chi connectivity index (χ1v) is 9.51. The Morgan fingerprint density at radius 2 is 2.04 bits per heavy atom. The van der Waals surface area contributed by atoms with Crippen LogP contribution >= 0.6 is 0 Å². The first kappa shape index (κ1) is 17.3. The van der Waals surface area contributed by atoms with Gasteiger partial charge in [-0.2, -0.15) is 10.2 Å². The molecule has 0 spiro atoms. The van der Waals surface area contributed by atoms with Gasteiger partial charge in [0.15, 0.2) is 11.5 Å². The molecule has 3 aromatic rings. The van der Waals surface area contributed by atoms with Gasteiger partial charge in [0.05, 0.1) is 17.1 Å². The summed E-state index contributed by atoms with van der Waals surface area (Å²) in [7, 11) is 1.83. The van der Waals surface area contributed by atoms with Crippen LogP contribution in [0, 0.1) is 0 Å². The molecule has 0 unspecified atom stereocenters. The molecule has 0 saturated heterocycles. The summed E-state index contributed by atoms with van der Waals surface area (Å²) in [5.41, 5.74) is 3.73. The van der Waals surface area contributed by atoms with Crippen LogP contribution in [0.1, 0.15) is 35.2 Å². The lowest BCUT2D eigenvalue weighted by atomic mass is 10.1. The van der Waals surface area contributed by atoms with Gasteiger partial charge in [-0.25, -0.2) is 0 Å². The van der Waals surface area contributed by atoms with E-state index in [1.807, 2.05) is 29.9 Å². The molecule has 0 radical (unpaired) electrons. The lowest BCUT2D eigenvalue weighted by molar-refractivity contribution is 0.174. The van der Waals surface area contributed by atoms with E-state index in [4.69, 9.17) is 9.47 Å². The van der Waals surface area contributed by atoms with Crippen LogP contribution in [0.2, 0.25) is 0 Å². The van der Waals surface area contributed by atoms with Crippen molar-refractivity contribution < 1.29 is 14.6 Å². The fourth-order valence-corrected chi connectivity index (χ4v) is 3.92. The molecule has 0 fully saturated rings. The summed E-state index contributed by atoms with van der Waals surface area (Å²) in [6.07, 6.45) is 1.93. The number of benzene rings is 1. The predicted molar refractivity (Wildman–Crippen MR) is 101 cm³/mol. The summed E-state index contributed by atoms with van der Waals surface area (Å²) >= 11 is 0. The third-order valence-electron chi connectivity index (χ3n) is 5.37. The number of hydrogen-bond donors (Lipinski definition) is 1. The average Bonchev–Trinajstić information content (AvgIpc) is 3.39. The molecule has 8 heteroatoms. The summed E-state index contributed by atoms with van der Waals surface area (Å²) in [5, 5.41) is 19.5. The van der Waals surface area contributed by atoms with Crippen LogP contribution in [0.4, 0.5) is 0 Å². The number of ether oxygens (including phenoxy) is 2. The minimum absolute atomic E-state index is 0.295. The van der Waals surface area contributed by atoms with E-state index in [-0.39, 0.29) is 0 Å². The Hall–Kier alpha value is -2.84. The number of nitrogens with zero attached hydrogens (tertiary/aromatic N) is 5. The van der Waals surface area contributed by atoms with Gasteiger partial charge in [0.25, 0.3) is 0 Å². The minimum atomic E-state index is -0.769. The summed E-state index contributed by atoms with van der Waals surface area (Å²) in [5.74, 6) is 1.63. The van der Waals surface area contributed by atoms with E-state index >= 15 is 0 Å². The van der Waals surface area contributed by atoms with E-state index in [2.05, 4.69) is 27.2 Å². The molecule has 2 aliphatic heterocycles. The lowest BCUT2D eigenvalue weighted by Crippen LogP contribution is -2.22. The highest BCUT2D eigenvalue weighted by atomic mass is 16.7. The summed E-state index contributed by atoms with van der Waals surface area (Å²) in [6, 6.07) is 9.95. The maximum absolute atomic E-state index is 10.7. The molecular weight excluding hydrogens is 358 g/mol. The zero-order valence-electron chi connectivity index (χ0n) is 15.8. The van der Waals surface area contributed by atoms with Crippen LogP contribution < -0.4 is 9.47 Å². The highest BCUT2D eigenvalue weighted by molar-refractivity contribution is 5.44. The Morgan fingerprint density at radius 3 is 2.89 bits per heavy atom. The van der Waals surface area contributed by atoms with Crippen LogP contribution in [0.5, 0.6) is 11.5 Å². The number of hydrogen-bond acceptors (Lipinski definition) is 6. The maximum atomic E-state index is 10.7. The Kier molecular flexibility index (Phi) is 4.29. The topological polar surface area (TPSA) is 77.6 Å². The van der Waals surface area contributed by atoms with E-state index in [0.29, 0.717) is 12.5 Å². The van der Waals surface area contributed by atoms with Crippen molar-refractivity contribution in [3.8, 4) is 11.5 Å². The van der Waals surface area contributed by atoms with Crippen LogP contribution in [0.15, 0.2) is 36.5 Å². The van der Waals surface area contributed by atoms with Crippen LogP contribution in [0.25, 0.3) is 0 Å². The number of rotatable bonds is 4. The van der Waals surface area contributed by atoms with Crippen molar-refractivity contribution in [1.29, 1.82) is 0 Å². The van der Waals surface area contributed by atoms with Gasteiger partial charge in [0.2, 0.25) is 6.79 Å². The molecule has 5 rings (SSSR count). The molecule has 28 heavy (non-hydrogen) atoms. The van der Waals surface area contributed by atoms with Gasteiger partial charge in [-0.1, -0.05) is 6.07 Å². The standard InChI is InChI=1S/C20H23N5O3/c1-23-17(5-6-21-23)20(26)16-10-15-12-24(7-2-8-25(15)22-16)11-14-3-4-18-19(9-14)28-13-27-18/h3-6,9-10,20,26H,2,7-8,11-13H2,1H3/t20-/m1/s1. The van der Waals surface area contributed by atoms with Crippen LogP contribution in [-0.4, -0.2) is 42.9 Å². The molecule has 2 aliphatic rings. The van der Waals surface area contributed by atoms with Crippen molar-refractivity contribution in [3.05, 3.63) is 59.2 Å². The molecule has 0 amide bonds. The third kappa shape index (κ3) is 3.14. The van der Waals surface area contributed by atoms with Gasteiger partial charge >= 0.3 is 0 Å². The molecule has 8 nitrogen and oxygen atoms in total. The van der Waals surface area contributed by atoms with E-state index < -0.39 is 6.10 Å². The number of aliphatic hydroxyl groups excluding tert-OH is 1. The summed E-state index contributed by atoms with van der Waals surface area (Å²) in [4.78, 5) is 2.40. The van der Waals surface area contributed by atoms with Crippen molar-refractivity contribution >= 4 is 0 Å². The Labute approximate surface area is 162 Å². The Balaban J connectivity index is 1.34. The van der Waals surface area contributed by atoms with Gasteiger partial charge in [0.1, 0.15) is 6.10 Å². The van der Waals surface area contributed by atoms with E-state index in [9.17, 15) is 5.11 Å². The van der Waals surface area contributed by atoms with Gasteiger partial charge in [-0.15, -0.1) is 0 Å². The van der Waals surface area contributed by atoms with Gasteiger partial charge in [-0.3, -0.25) is 14.3 Å². The van der Waals surface area contributed by atoms with Crippen molar-refractivity contribution in [1.82, 2.24) is 24.5 Å². The Morgan fingerprint density at radius 1 is 1.14 bits per heavy atom.